The van der Waals surface area contributed by atoms with Gasteiger partial charge in [-0.15, -0.1) is 0 Å². The van der Waals surface area contributed by atoms with E-state index in [0.29, 0.717) is 38.5 Å². The van der Waals surface area contributed by atoms with Crippen LogP contribution in [0.15, 0.2) is 12.2 Å². The number of allylic oxidation sites excluding steroid dienone is 1. The first-order valence-electron chi connectivity index (χ1n) is 16.0. The van der Waals surface area contributed by atoms with Crippen LogP contribution in [0, 0.1) is 5.41 Å². The lowest BCUT2D eigenvalue weighted by Crippen LogP contribution is -2.62. The van der Waals surface area contributed by atoms with Gasteiger partial charge in [0, 0.05) is 71.8 Å². The second-order valence-electron chi connectivity index (χ2n) is 17.3. The molecule has 0 aromatic carbocycles. The van der Waals surface area contributed by atoms with Gasteiger partial charge < -0.3 is 30.2 Å². The highest BCUT2D eigenvalue weighted by molar-refractivity contribution is 6.20. The zero-order valence-electron chi connectivity index (χ0n) is 29.1. The average molecular weight is 606 g/mol. The summed E-state index contributed by atoms with van der Waals surface area (Å²) in [5.41, 5.74) is -4.24. The van der Waals surface area contributed by atoms with Gasteiger partial charge in [0.15, 0.2) is 0 Å². The van der Waals surface area contributed by atoms with Crippen molar-refractivity contribution >= 4 is 17.9 Å². The number of rotatable bonds is 7. The lowest BCUT2D eigenvalue weighted by molar-refractivity contribution is -0.190. The van der Waals surface area contributed by atoms with Crippen LogP contribution >= 0.6 is 0 Å². The molecule has 3 saturated heterocycles. The predicted molar refractivity (Wildman–Crippen MR) is 168 cm³/mol. The maximum atomic E-state index is 14.3. The van der Waals surface area contributed by atoms with Gasteiger partial charge in [-0.2, -0.15) is 0 Å². The maximum absolute atomic E-state index is 14.3. The summed E-state index contributed by atoms with van der Waals surface area (Å²) in [6.45, 7) is 26.3. The Hall–Kier alpha value is -1.97. The molecule has 0 amide bonds. The van der Waals surface area contributed by atoms with E-state index in [0.717, 1.165) is 0 Å². The molecule has 3 fully saturated rings. The molecule has 9 nitrogen and oxygen atoms in total. The van der Waals surface area contributed by atoms with Crippen LogP contribution < -0.4 is 16.0 Å². The molecule has 0 aliphatic carbocycles. The van der Waals surface area contributed by atoms with Crippen LogP contribution in [0.5, 0.6) is 0 Å². The molecule has 3 aliphatic rings. The molecule has 0 aromatic rings. The molecular weight excluding hydrogens is 546 g/mol. The van der Waals surface area contributed by atoms with E-state index in [1.54, 1.807) is 6.92 Å². The summed E-state index contributed by atoms with van der Waals surface area (Å²) in [4.78, 5) is 42.9. The molecule has 0 bridgehead atoms. The van der Waals surface area contributed by atoms with E-state index in [4.69, 9.17) is 14.2 Å². The predicted octanol–water partition coefficient (Wildman–Crippen LogP) is 5.11. The standard InChI is InChI=1S/C34H59N3O6/c1-14-15-34(25(38)41-22-16-28(2,3)35-29(4,5)17-22,26(39)42-23-18-30(6,7)36-31(8,9)19-23)27(40)43-24-20-32(10,11)37-33(12,13)21-24/h14-15,22-24,35-37H,16-21H2,1-13H3. The van der Waals surface area contributed by atoms with Crippen LogP contribution in [0.3, 0.4) is 0 Å². The quantitative estimate of drug-likeness (QED) is 0.158. The van der Waals surface area contributed by atoms with E-state index in [1.165, 1.54) is 12.2 Å². The van der Waals surface area contributed by atoms with Crippen molar-refractivity contribution in [1.82, 2.24) is 16.0 Å². The zero-order valence-corrected chi connectivity index (χ0v) is 29.1. The lowest BCUT2D eigenvalue weighted by Gasteiger charge is -2.47. The summed E-state index contributed by atoms with van der Waals surface area (Å²) in [5, 5.41) is 10.7. The molecule has 3 aliphatic heterocycles. The van der Waals surface area contributed by atoms with Crippen molar-refractivity contribution in [3.8, 4) is 0 Å². The fourth-order valence-electron chi connectivity index (χ4n) is 8.37. The molecule has 3 rings (SSSR count). The topological polar surface area (TPSA) is 115 Å². The summed E-state index contributed by atoms with van der Waals surface area (Å²) < 4.78 is 18.3. The third-order valence-electron chi connectivity index (χ3n) is 8.66. The van der Waals surface area contributed by atoms with Crippen molar-refractivity contribution in [2.75, 3.05) is 0 Å². The molecule has 0 aromatic heterocycles. The summed E-state index contributed by atoms with van der Waals surface area (Å²) in [6, 6.07) is 0. The monoisotopic (exact) mass is 605 g/mol. The summed E-state index contributed by atoms with van der Waals surface area (Å²) in [7, 11) is 0. The Morgan fingerprint density at radius 2 is 0.721 bits per heavy atom. The van der Waals surface area contributed by atoms with E-state index in [9.17, 15) is 14.4 Å². The van der Waals surface area contributed by atoms with Crippen molar-refractivity contribution in [2.45, 2.75) is 180 Å². The average Bonchev–Trinajstić information content (AvgIpc) is 2.70. The van der Waals surface area contributed by atoms with Gasteiger partial charge in [0.05, 0.1) is 0 Å². The minimum Gasteiger partial charge on any atom is -0.461 e. The van der Waals surface area contributed by atoms with Gasteiger partial charge in [0.1, 0.15) is 18.3 Å². The molecule has 0 saturated carbocycles. The fourth-order valence-corrected chi connectivity index (χ4v) is 8.37. The number of esters is 3. The number of ether oxygens (including phenoxy) is 3. The largest absolute Gasteiger partial charge is 0.461 e. The second-order valence-corrected chi connectivity index (χ2v) is 17.3. The molecule has 3 N–H and O–H groups in total. The van der Waals surface area contributed by atoms with Crippen LogP contribution in [-0.4, -0.2) is 69.5 Å². The highest BCUT2D eigenvalue weighted by atomic mass is 16.6. The van der Waals surface area contributed by atoms with Gasteiger partial charge in [-0.3, -0.25) is 0 Å². The number of hydrogen-bond donors (Lipinski definition) is 3. The first kappa shape index (κ1) is 35.5. The third-order valence-corrected chi connectivity index (χ3v) is 8.66. The van der Waals surface area contributed by atoms with E-state index in [2.05, 4.69) is 99.0 Å². The fraction of sp³-hybridized carbons (Fsp3) is 0.853. The van der Waals surface area contributed by atoms with Gasteiger partial charge in [-0.05, 0) is 96.1 Å². The minimum absolute atomic E-state index is 0.310. The second kappa shape index (κ2) is 11.8. The zero-order chi connectivity index (χ0) is 32.9. The Labute approximate surface area is 260 Å². The molecule has 246 valence electrons. The lowest BCUT2D eigenvalue weighted by atomic mass is 9.79. The number of piperidine rings is 3. The van der Waals surface area contributed by atoms with E-state index < -0.39 is 41.6 Å². The van der Waals surface area contributed by atoms with Crippen molar-refractivity contribution in [3.63, 3.8) is 0 Å². The minimum atomic E-state index is -2.38. The van der Waals surface area contributed by atoms with Crippen LogP contribution in [0.2, 0.25) is 0 Å². The van der Waals surface area contributed by atoms with Gasteiger partial charge in [-0.1, -0.05) is 6.08 Å². The maximum Gasteiger partial charge on any atom is 0.339 e. The van der Waals surface area contributed by atoms with Gasteiger partial charge in [0.2, 0.25) is 0 Å². The van der Waals surface area contributed by atoms with Crippen molar-refractivity contribution in [3.05, 3.63) is 12.2 Å². The summed E-state index contributed by atoms with van der Waals surface area (Å²) in [5.74, 6) is -2.84. The smallest absolute Gasteiger partial charge is 0.339 e. The third kappa shape index (κ3) is 9.04. The highest BCUT2D eigenvalue weighted by Crippen LogP contribution is 2.38. The van der Waals surface area contributed by atoms with E-state index in [1.807, 2.05) is 0 Å². The summed E-state index contributed by atoms with van der Waals surface area (Å²) in [6.07, 6.45) is 4.54. The Bertz CT molecular complexity index is 929. The molecule has 0 spiro atoms. The van der Waals surface area contributed by atoms with Crippen molar-refractivity contribution < 1.29 is 28.6 Å². The molecule has 3 heterocycles. The van der Waals surface area contributed by atoms with E-state index in [-0.39, 0.29) is 33.2 Å². The van der Waals surface area contributed by atoms with Crippen molar-refractivity contribution in [2.24, 2.45) is 5.41 Å². The first-order valence-corrected chi connectivity index (χ1v) is 16.0. The normalized spacial score (nSPS) is 26.9. The number of carbonyl (C=O) groups is 3. The molecule has 43 heavy (non-hydrogen) atoms. The Balaban J connectivity index is 2.00. The van der Waals surface area contributed by atoms with Gasteiger partial charge in [-0.25, -0.2) is 14.4 Å². The van der Waals surface area contributed by atoms with E-state index >= 15 is 0 Å². The SMILES string of the molecule is CC=CC(C(=O)OC1CC(C)(C)NC(C)(C)C1)(C(=O)OC1CC(C)(C)NC(C)(C)C1)C(=O)OC1CC(C)(C)NC(C)(C)C1. The van der Waals surface area contributed by atoms with Crippen LogP contribution in [-0.2, 0) is 28.6 Å². The van der Waals surface area contributed by atoms with Gasteiger partial charge >= 0.3 is 17.9 Å². The number of nitrogens with one attached hydrogen (secondary N) is 3. The van der Waals surface area contributed by atoms with Crippen LogP contribution in [0.1, 0.15) is 129 Å². The Morgan fingerprint density at radius 3 is 0.907 bits per heavy atom. The van der Waals surface area contributed by atoms with Gasteiger partial charge in [0.25, 0.3) is 5.41 Å². The molecule has 0 atom stereocenters. The first-order chi connectivity index (χ1) is 19.3. The summed E-state index contributed by atoms with van der Waals surface area (Å²) >= 11 is 0. The van der Waals surface area contributed by atoms with Crippen LogP contribution in [0.4, 0.5) is 0 Å². The highest BCUT2D eigenvalue weighted by Gasteiger charge is 2.59. The molecule has 9 heteroatoms. The molecule has 0 radical (unpaired) electrons. The van der Waals surface area contributed by atoms with Crippen molar-refractivity contribution in [1.29, 1.82) is 0 Å². The van der Waals surface area contributed by atoms with Crippen LogP contribution in [0.25, 0.3) is 0 Å². The number of carbonyl (C=O) groups excluding carboxylic acids is 3. The Kier molecular flexibility index (Phi) is 9.71. The molecule has 0 unspecified atom stereocenters. The number of hydrogen-bond acceptors (Lipinski definition) is 9. The molecular formula is C34H59N3O6. The Morgan fingerprint density at radius 1 is 0.512 bits per heavy atom.